The summed E-state index contributed by atoms with van der Waals surface area (Å²) in [7, 11) is 2.95. The molecule has 0 bridgehead atoms. The van der Waals surface area contributed by atoms with Gasteiger partial charge in [0, 0.05) is 32.4 Å². The van der Waals surface area contributed by atoms with Gasteiger partial charge in [0.2, 0.25) is 0 Å². The van der Waals surface area contributed by atoms with Gasteiger partial charge in [-0.05, 0) is 43.4 Å². The molecule has 0 spiro atoms. The Hall–Kier alpha value is -2.74. The Morgan fingerprint density at radius 3 is 2.57 bits per heavy atom. The summed E-state index contributed by atoms with van der Waals surface area (Å²) in [5.74, 6) is -1.47. The van der Waals surface area contributed by atoms with Crippen LogP contribution in [0.15, 0.2) is 18.2 Å². The number of nitrogens with one attached hydrogen (secondary N) is 1. The molecule has 1 aromatic carbocycles. The lowest BCUT2D eigenvalue weighted by Crippen LogP contribution is -2.37. The Bertz CT molecular complexity index is 837. The zero-order chi connectivity index (χ0) is 21.7. The van der Waals surface area contributed by atoms with Crippen LogP contribution in [0, 0.1) is 11.8 Å². The summed E-state index contributed by atoms with van der Waals surface area (Å²) in [5, 5.41) is 2.87. The molecule has 0 radical (unpaired) electrons. The standard InChI is InChI=1S/C22H28N2O6/c1-29-11-5-10-24-20(26)17-9-8-14(12-18(17)21(24)27)19(25)23-13-15-6-3-4-7-16(15)22(28)30-2/h8-9,12,15-16H,3-7,10-11,13H2,1-2H3,(H,23,25). The summed E-state index contributed by atoms with van der Waals surface area (Å²) in [6, 6.07) is 4.55. The highest BCUT2D eigenvalue weighted by Gasteiger charge is 2.36. The zero-order valence-corrected chi connectivity index (χ0v) is 17.4. The quantitative estimate of drug-likeness (QED) is 0.395. The van der Waals surface area contributed by atoms with E-state index >= 15 is 0 Å². The number of nitrogens with zero attached hydrogens (tertiary/aromatic N) is 1. The Balaban J connectivity index is 1.65. The van der Waals surface area contributed by atoms with Gasteiger partial charge in [0.15, 0.2) is 0 Å². The van der Waals surface area contributed by atoms with E-state index in [4.69, 9.17) is 9.47 Å². The maximum absolute atomic E-state index is 12.7. The van der Waals surface area contributed by atoms with Crippen molar-refractivity contribution in [2.45, 2.75) is 32.1 Å². The molecule has 3 rings (SSSR count). The predicted molar refractivity (Wildman–Crippen MR) is 108 cm³/mol. The molecule has 2 aliphatic rings. The minimum absolute atomic E-state index is 0.0315. The van der Waals surface area contributed by atoms with Crippen LogP contribution in [0.1, 0.15) is 63.2 Å². The molecule has 30 heavy (non-hydrogen) atoms. The van der Waals surface area contributed by atoms with E-state index in [0.717, 1.165) is 25.7 Å². The van der Waals surface area contributed by atoms with E-state index in [1.54, 1.807) is 13.2 Å². The average Bonchev–Trinajstić information content (AvgIpc) is 3.01. The molecule has 3 amide bonds. The van der Waals surface area contributed by atoms with Crippen molar-refractivity contribution in [3.8, 4) is 0 Å². The highest BCUT2D eigenvalue weighted by atomic mass is 16.5. The van der Waals surface area contributed by atoms with Gasteiger partial charge < -0.3 is 14.8 Å². The lowest BCUT2D eigenvalue weighted by Gasteiger charge is -2.29. The third kappa shape index (κ3) is 4.53. The van der Waals surface area contributed by atoms with Crippen LogP contribution >= 0.6 is 0 Å². The number of benzene rings is 1. The minimum atomic E-state index is -0.390. The Labute approximate surface area is 175 Å². The Morgan fingerprint density at radius 2 is 1.83 bits per heavy atom. The molecule has 0 saturated heterocycles. The first-order chi connectivity index (χ1) is 14.5. The molecule has 1 saturated carbocycles. The summed E-state index contributed by atoms with van der Waals surface area (Å²) in [4.78, 5) is 50.9. The normalized spacial score (nSPS) is 20.8. The molecule has 2 unspecified atom stereocenters. The second-order valence-electron chi connectivity index (χ2n) is 7.75. The largest absolute Gasteiger partial charge is 0.469 e. The first-order valence-electron chi connectivity index (χ1n) is 10.3. The van der Waals surface area contributed by atoms with Crippen LogP contribution in [-0.4, -0.2) is 62.5 Å². The maximum Gasteiger partial charge on any atom is 0.309 e. The summed E-state index contributed by atoms with van der Waals surface area (Å²) in [6.45, 7) is 1.10. The van der Waals surface area contributed by atoms with Crippen LogP contribution in [0.2, 0.25) is 0 Å². The summed E-state index contributed by atoms with van der Waals surface area (Å²) < 4.78 is 9.87. The topological polar surface area (TPSA) is 102 Å². The third-order valence-electron chi connectivity index (χ3n) is 5.90. The molecular formula is C22H28N2O6. The van der Waals surface area contributed by atoms with Crippen molar-refractivity contribution in [3.05, 3.63) is 34.9 Å². The van der Waals surface area contributed by atoms with Gasteiger partial charge in [-0.25, -0.2) is 0 Å². The minimum Gasteiger partial charge on any atom is -0.469 e. The van der Waals surface area contributed by atoms with Gasteiger partial charge in [0.1, 0.15) is 0 Å². The van der Waals surface area contributed by atoms with Crippen LogP contribution < -0.4 is 5.32 Å². The smallest absolute Gasteiger partial charge is 0.309 e. The number of carbonyl (C=O) groups excluding carboxylic acids is 4. The maximum atomic E-state index is 12.7. The molecular weight excluding hydrogens is 388 g/mol. The number of hydrogen-bond donors (Lipinski definition) is 1. The van der Waals surface area contributed by atoms with Crippen molar-refractivity contribution in [1.29, 1.82) is 0 Å². The molecule has 162 valence electrons. The number of imide groups is 1. The van der Waals surface area contributed by atoms with Gasteiger partial charge in [-0.3, -0.25) is 24.1 Å². The number of rotatable bonds is 8. The summed E-state index contributed by atoms with van der Waals surface area (Å²) in [6.07, 6.45) is 4.17. The Morgan fingerprint density at radius 1 is 1.10 bits per heavy atom. The van der Waals surface area contributed by atoms with Gasteiger partial charge >= 0.3 is 5.97 Å². The van der Waals surface area contributed by atoms with Crippen molar-refractivity contribution >= 4 is 23.7 Å². The average molecular weight is 416 g/mol. The molecule has 1 heterocycles. The highest BCUT2D eigenvalue weighted by Crippen LogP contribution is 2.30. The number of methoxy groups -OCH3 is 2. The fraction of sp³-hybridized carbons (Fsp3) is 0.545. The Kier molecular flexibility index (Phi) is 7.20. The molecule has 8 heteroatoms. The number of hydrogen-bond acceptors (Lipinski definition) is 6. The van der Waals surface area contributed by atoms with Gasteiger partial charge in [-0.15, -0.1) is 0 Å². The molecule has 1 aliphatic heterocycles. The zero-order valence-electron chi connectivity index (χ0n) is 17.4. The molecule has 1 aliphatic carbocycles. The van der Waals surface area contributed by atoms with Crippen molar-refractivity contribution in [2.75, 3.05) is 33.9 Å². The van der Waals surface area contributed by atoms with Gasteiger partial charge in [-0.1, -0.05) is 12.8 Å². The van der Waals surface area contributed by atoms with E-state index in [2.05, 4.69) is 5.32 Å². The fourth-order valence-corrected chi connectivity index (χ4v) is 4.24. The molecule has 2 atom stereocenters. The second-order valence-corrected chi connectivity index (χ2v) is 7.75. The van der Waals surface area contributed by atoms with Crippen LogP contribution in [0.5, 0.6) is 0 Å². The summed E-state index contributed by atoms with van der Waals surface area (Å²) in [5.41, 5.74) is 0.876. The van der Waals surface area contributed by atoms with Crippen LogP contribution in [0.3, 0.4) is 0 Å². The molecule has 0 aromatic heterocycles. The van der Waals surface area contributed by atoms with E-state index in [9.17, 15) is 19.2 Å². The van der Waals surface area contributed by atoms with Gasteiger partial charge in [0.25, 0.3) is 17.7 Å². The predicted octanol–water partition coefficient (Wildman–Crippen LogP) is 2.03. The first-order valence-corrected chi connectivity index (χ1v) is 10.3. The third-order valence-corrected chi connectivity index (χ3v) is 5.90. The number of ether oxygens (including phenoxy) is 2. The van der Waals surface area contributed by atoms with Crippen molar-refractivity contribution < 1.29 is 28.7 Å². The van der Waals surface area contributed by atoms with Gasteiger partial charge in [-0.2, -0.15) is 0 Å². The second kappa shape index (κ2) is 9.84. The van der Waals surface area contributed by atoms with Crippen molar-refractivity contribution in [3.63, 3.8) is 0 Å². The number of carbonyl (C=O) groups is 4. The van der Waals surface area contributed by atoms with Crippen molar-refractivity contribution in [1.82, 2.24) is 10.2 Å². The fourth-order valence-electron chi connectivity index (χ4n) is 4.24. The molecule has 8 nitrogen and oxygen atoms in total. The van der Waals surface area contributed by atoms with E-state index in [1.807, 2.05) is 0 Å². The van der Waals surface area contributed by atoms with Crippen LogP contribution in [0.4, 0.5) is 0 Å². The number of amides is 3. The monoisotopic (exact) mass is 416 g/mol. The molecule has 1 N–H and O–H groups in total. The van der Waals surface area contributed by atoms with E-state index in [0.29, 0.717) is 30.7 Å². The molecule has 1 fully saturated rings. The van der Waals surface area contributed by atoms with Crippen LogP contribution in [-0.2, 0) is 14.3 Å². The molecule has 1 aromatic rings. The summed E-state index contributed by atoms with van der Waals surface area (Å²) >= 11 is 0. The van der Waals surface area contributed by atoms with Crippen molar-refractivity contribution in [2.24, 2.45) is 11.8 Å². The number of esters is 1. The first kappa shape index (κ1) is 22.0. The van der Waals surface area contributed by atoms with Gasteiger partial charge in [0.05, 0.1) is 24.2 Å². The van der Waals surface area contributed by atoms with E-state index in [-0.39, 0.29) is 41.7 Å². The SMILES string of the molecule is COCCCN1C(=O)c2ccc(C(=O)NCC3CCCCC3C(=O)OC)cc2C1=O. The highest BCUT2D eigenvalue weighted by molar-refractivity contribution is 6.22. The lowest BCUT2D eigenvalue weighted by molar-refractivity contribution is -0.148. The van der Waals surface area contributed by atoms with Crippen LogP contribution in [0.25, 0.3) is 0 Å². The van der Waals surface area contributed by atoms with E-state index < -0.39 is 5.91 Å². The lowest BCUT2D eigenvalue weighted by atomic mass is 9.79. The number of fused-ring (bicyclic) bond motifs is 1. The van der Waals surface area contributed by atoms with E-state index in [1.165, 1.54) is 24.1 Å².